The van der Waals surface area contributed by atoms with Crippen LogP contribution in [0.1, 0.15) is 6.92 Å². The summed E-state index contributed by atoms with van der Waals surface area (Å²) in [6.07, 6.45) is 0. The first kappa shape index (κ1) is 18.0. The second-order valence-electron chi connectivity index (χ2n) is 6.59. The van der Waals surface area contributed by atoms with Crippen molar-refractivity contribution in [1.82, 2.24) is 9.97 Å². The lowest BCUT2D eigenvalue weighted by atomic mass is 10.3. The number of para-hydroxylation sites is 2. The molecular weight excluding hydrogens is 412 g/mol. The number of benzene rings is 2. The SMILES string of the molecule is CCOc1cccc2sc(N3CCN(c4nc5c(Cl)cccc5s4)CC3)nc12. The molecule has 8 heteroatoms. The molecule has 0 N–H and O–H groups in total. The van der Waals surface area contributed by atoms with E-state index in [1.165, 1.54) is 4.70 Å². The Kier molecular flexibility index (Phi) is 4.74. The van der Waals surface area contributed by atoms with Crippen LogP contribution in [0.15, 0.2) is 36.4 Å². The lowest BCUT2D eigenvalue weighted by Gasteiger charge is -2.34. The average Bonchev–Trinajstić information content (AvgIpc) is 3.34. The van der Waals surface area contributed by atoms with Crippen LogP contribution in [0.5, 0.6) is 5.75 Å². The van der Waals surface area contributed by atoms with E-state index in [0.29, 0.717) is 6.61 Å². The van der Waals surface area contributed by atoms with Gasteiger partial charge in [-0.1, -0.05) is 46.4 Å². The summed E-state index contributed by atoms with van der Waals surface area (Å²) in [6.45, 7) is 6.34. The van der Waals surface area contributed by atoms with E-state index in [0.717, 1.165) is 62.9 Å². The Labute approximate surface area is 176 Å². The number of hydrogen-bond acceptors (Lipinski definition) is 7. The quantitative estimate of drug-likeness (QED) is 0.440. The normalized spacial score (nSPS) is 14.9. The molecule has 2 aromatic carbocycles. The molecule has 28 heavy (non-hydrogen) atoms. The fraction of sp³-hybridized carbons (Fsp3) is 0.300. The summed E-state index contributed by atoms with van der Waals surface area (Å²) in [4.78, 5) is 14.3. The van der Waals surface area contributed by atoms with Crippen molar-refractivity contribution in [3.05, 3.63) is 41.4 Å². The van der Waals surface area contributed by atoms with Gasteiger partial charge in [0, 0.05) is 26.2 Å². The number of aromatic nitrogens is 2. The molecule has 4 aromatic rings. The van der Waals surface area contributed by atoms with Crippen molar-refractivity contribution in [3.8, 4) is 5.75 Å². The largest absolute Gasteiger partial charge is 0.492 e. The van der Waals surface area contributed by atoms with Crippen LogP contribution in [0.4, 0.5) is 10.3 Å². The van der Waals surface area contributed by atoms with Crippen LogP contribution in [0.3, 0.4) is 0 Å². The Bertz CT molecular complexity index is 1130. The predicted molar refractivity (Wildman–Crippen MR) is 120 cm³/mol. The summed E-state index contributed by atoms with van der Waals surface area (Å²) in [5.41, 5.74) is 1.87. The van der Waals surface area contributed by atoms with E-state index in [4.69, 9.17) is 26.3 Å². The number of rotatable bonds is 4. The summed E-state index contributed by atoms with van der Waals surface area (Å²) in [5.74, 6) is 0.868. The lowest BCUT2D eigenvalue weighted by molar-refractivity contribution is 0.344. The number of anilines is 2. The monoisotopic (exact) mass is 430 g/mol. The van der Waals surface area contributed by atoms with Crippen molar-refractivity contribution in [2.75, 3.05) is 42.6 Å². The van der Waals surface area contributed by atoms with Crippen molar-refractivity contribution in [3.63, 3.8) is 0 Å². The van der Waals surface area contributed by atoms with Gasteiger partial charge >= 0.3 is 0 Å². The second kappa shape index (κ2) is 7.39. The molecule has 0 saturated carbocycles. The summed E-state index contributed by atoms with van der Waals surface area (Å²) in [7, 11) is 0. The van der Waals surface area contributed by atoms with Crippen LogP contribution in [0, 0.1) is 0 Å². The molecule has 3 heterocycles. The first-order chi connectivity index (χ1) is 13.7. The van der Waals surface area contributed by atoms with Crippen molar-refractivity contribution >= 4 is 65.0 Å². The number of thiazole rings is 2. The lowest BCUT2D eigenvalue weighted by Crippen LogP contribution is -2.46. The van der Waals surface area contributed by atoms with Gasteiger partial charge in [-0.15, -0.1) is 0 Å². The molecule has 5 rings (SSSR count). The zero-order valence-electron chi connectivity index (χ0n) is 15.4. The van der Waals surface area contributed by atoms with Crippen molar-refractivity contribution in [2.24, 2.45) is 0 Å². The molecule has 5 nitrogen and oxygen atoms in total. The first-order valence-corrected chi connectivity index (χ1v) is 11.3. The smallest absolute Gasteiger partial charge is 0.186 e. The summed E-state index contributed by atoms with van der Waals surface area (Å²) in [6, 6.07) is 12.1. The van der Waals surface area contributed by atoms with E-state index >= 15 is 0 Å². The zero-order valence-corrected chi connectivity index (χ0v) is 17.8. The number of ether oxygens (including phenoxy) is 1. The Morgan fingerprint density at radius 3 is 2.07 bits per heavy atom. The summed E-state index contributed by atoms with van der Waals surface area (Å²) < 4.78 is 8.04. The van der Waals surface area contributed by atoms with Crippen LogP contribution in [0.2, 0.25) is 5.02 Å². The highest BCUT2D eigenvalue weighted by molar-refractivity contribution is 7.22. The van der Waals surface area contributed by atoms with Gasteiger partial charge in [0.1, 0.15) is 16.8 Å². The van der Waals surface area contributed by atoms with Gasteiger partial charge in [-0.25, -0.2) is 9.97 Å². The van der Waals surface area contributed by atoms with Gasteiger partial charge < -0.3 is 14.5 Å². The fourth-order valence-corrected chi connectivity index (χ4v) is 5.80. The Hall–Kier alpha value is -2.09. The van der Waals surface area contributed by atoms with Gasteiger partial charge in [-0.2, -0.15) is 0 Å². The van der Waals surface area contributed by atoms with Gasteiger partial charge in [0.15, 0.2) is 10.3 Å². The van der Waals surface area contributed by atoms with Gasteiger partial charge in [0.25, 0.3) is 0 Å². The number of piperazine rings is 1. The van der Waals surface area contributed by atoms with Crippen LogP contribution < -0.4 is 14.5 Å². The van der Waals surface area contributed by atoms with Crippen molar-refractivity contribution < 1.29 is 4.74 Å². The summed E-state index contributed by atoms with van der Waals surface area (Å²) in [5, 5.41) is 2.83. The Morgan fingerprint density at radius 2 is 1.46 bits per heavy atom. The highest BCUT2D eigenvalue weighted by atomic mass is 35.5. The van der Waals surface area contributed by atoms with E-state index < -0.39 is 0 Å². The topological polar surface area (TPSA) is 41.5 Å². The van der Waals surface area contributed by atoms with Gasteiger partial charge in [-0.05, 0) is 31.2 Å². The maximum absolute atomic E-state index is 6.29. The first-order valence-electron chi connectivity index (χ1n) is 9.30. The molecule has 0 bridgehead atoms. The van der Waals surface area contributed by atoms with E-state index in [9.17, 15) is 0 Å². The maximum atomic E-state index is 6.29. The maximum Gasteiger partial charge on any atom is 0.186 e. The third kappa shape index (κ3) is 3.17. The van der Waals surface area contributed by atoms with Crippen molar-refractivity contribution in [2.45, 2.75) is 6.92 Å². The molecule has 0 unspecified atom stereocenters. The minimum Gasteiger partial charge on any atom is -0.492 e. The molecule has 0 spiro atoms. The van der Waals surface area contributed by atoms with Gasteiger partial charge in [0.05, 0.1) is 21.0 Å². The van der Waals surface area contributed by atoms with Crippen LogP contribution in [-0.4, -0.2) is 42.8 Å². The third-order valence-corrected chi connectivity index (χ3v) is 7.32. The number of halogens is 1. The third-order valence-electron chi connectivity index (χ3n) is 4.85. The molecule has 144 valence electrons. The predicted octanol–water partition coefficient (Wildman–Crippen LogP) is 5.28. The van der Waals surface area contributed by atoms with Crippen LogP contribution in [0.25, 0.3) is 20.4 Å². The number of nitrogens with zero attached hydrogens (tertiary/aromatic N) is 4. The standard InChI is InChI=1S/C20H19ClN4OS2/c1-2-26-14-6-4-8-16-18(14)23-20(28-16)25-11-9-24(10-12-25)19-22-17-13(21)5-3-7-15(17)27-19/h3-8H,2,9-12H2,1H3. The highest BCUT2D eigenvalue weighted by Gasteiger charge is 2.23. The molecule has 1 aliphatic rings. The molecule has 1 aliphatic heterocycles. The van der Waals surface area contributed by atoms with Crippen LogP contribution in [-0.2, 0) is 0 Å². The van der Waals surface area contributed by atoms with Gasteiger partial charge in [-0.3, -0.25) is 0 Å². The Morgan fingerprint density at radius 1 is 0.893 bits per heavy atom. The minimum atomic E-state index is 0.650. The average molecular weight is 431 g/mol. The van der Waals surface area contributed by atoms with E-state index in [1.54, 1.807) is 22.7 Å². The molecule has 0 atom stereocenters. The molecule has 2 aromatic heterocycles. The highest BCUT2D eigenvalue weighted by Crippen LogP contribution is 2.36. The van der Waals surface area contributed by atoms with Gasteiger partial charge in [0.2, 0.25) is 0 Å². The van der Waals surface area contributed by atoms with Crippen molar-refractivity contribution in [1.29, 1.82) is 0 Å². The minimum absolute atomic E-state index is 0.650. The Balaban J connectivity index is 1.34. The fourth-order valence-electron chi connectivity index (χ4n) is 3.45. The number of fused-ring (bicyclic) bond motifs is 2. The van der Waals surface area contributed by atoms with E-state index in [2.05, 4.69) is 21.9 Å². The number of hydrogen-bond donors (Lipinski definition) is 0. The zero-order chi connectivity index (χ0) is 19.1. The molecule has 1 saturated heterocycles. The summed E-state index contributed by atoms with van der Waals surface area (Å²) >= 11 is 9.73. The van der Waals surface area contributed by atoms with E-state index in [1.807, 2.05) is 31.2 Å². The second-order valence-corrected chi connectivity index (χ2v) is 9.01. The van der Waals surface area contributed by atoms with E-state index in [-0.39, 0.29) is 0 Å². The molecule has 0 aliphatic carbocycles. The van der Waals surface area contributed by atoms with Crippen LogP contribution >= 0.6 is 34.3 Å². The molecule has 0 radical (unpaired) electrons. The molecule has 0 amide bonds. The molecular formula is C20H19ClN4OS2. The molecule has 1 fully saturated rings.